The van der Waals surface area contributed by atoms with E-state index in [1.165, 1.54) is 0 Å². The highest BCUT2D eigenvalue weighted by Gasteiger charge is 2.24. The lowest BCUT2D eigenvalue weighted by molar-refractivity contribution is 1.24. The number of alkyl halides is 3. The summed E-state index contributed by atoms with van der Waals surface area (Å²) in [4.78, 5) is 0. The third-order valence-electron chi connectivity index (χ3n) is 1.18. The van der Waals surface area contributed by atoms with E-state index in [-0.39, 0.29) is 12.4 Å². The average molecular weight is 266 g/mol. The van der Waals surface area contributed by atoms with E-state index >= 15 is 0 Å². The molecule has 1 aromatic carbocycles. The maximum atomic E-state index is 5.76. The van der Waals surface area contributed by atoms with Crippen LogP contribution < -0.4 is 0 Å². The zero-order valence-corrected chi connectivity index (χ0v) is 9.57. The van der Waals surface area contributed by atoms with E-state index in [0.29, 0.717) is 10.6 Å². The summed E-state index contributed by atoms with van der Waals surface area (Å²) in [5.41, 5.74) is 0.506. The third-order valence-corrected chi connectivity index (χ3v) is 2.12. The molecule has 1 aromatic rings. The van der Waals surface area contributed by atoms with Gasteiger partial charge in [0, 0.05) is 10.6 Å². The molecule has 12 heavy (non-hydrogen) atoms. The van der Waals surface area contributed by atoms with Crippen molar-refractivity contribution in [1.82, 2.24) is 0 Å². The van der Waals surface area contributed by atoms with Crippen LogP contribution in [0.15, 0.2) is 24.3 Å². The van der Waals surface area contributed by atoms with Gasteiger partial charge in [0.05, 0.1) is 0 Å². The van der Waals surface area contributed by atoms with Crippen LogP contribution >= 0.6 is 58.8 Å². The first-order chi connectivity index (χ1) is 5.02. The van der Waals surface area contributed by atoms with Crippen LogP contribution in [0.4, 0.5) is 0 Å². The van der Waals surface area contributed by atoms with Crippen molar-refractivity contribution >= 4 is 58.8 Å². The van der Waals surface area contributed by atoms with Crippen LogP contribution in [-0.2, 0) is 3.79 Å². The molecule has 0 N–H and O–H groups in total. The van der Waals surface area contributed by atoms with E-state index in [1.54, 1.807) is 24.3 Å². The van der Waals surface area contributed by atoms with Gasteiger partial charge < -0.3 is 0 Å². The summed E-state index contributed by atoms with van der Waals surface area (Å²) < 4.78 is -1.43. The van der Waals surface area contributed by atoms with Crippen molar-refractivity contribution in [2.45, 2.75) is 3.79 Å². The first kappa shape index (κ1) is 12.7. The number of benzene rings is 1. The Morgan fingerprint density at radius 3 is 1.83 bits per heavy atom. The lowest BCUT2D eigenvalue weighted by Crippen LogP contribution is -1.99. The first-order valence-corrected chi connectivity index (χ1v) is 4.35. The maximum Gasteiger partial charge on any atom is 0.217 e. The second-order valence-electron chi connectivity index (χ2n) is 1.98. The molecule has 68 valence electrons. The summed E-state index contributed by atoms with van der Waals surface area (Å²) in [6.07, 6.45) is 0. The van der Waals surface area contributed by atoms with Crippen LogP contribution in [0.25, 0.3) is 0 Å². The predicted octanol–water partition coefficient (Wildman–Crippen LogP) is 4.59. The molecule has 0 bridgehead atoms. The second kappa shape index (κ2) is 4.78. The topological polar surface area (TPSA) is 0 Å². The molecular formula is C7H5Cl5. The highest BCUT2D eigenvalue weighted by atomic mass is 35.6. The van der Waals surface area contributed by atoms with Crippen LogP contribution in [0.1, 0.15) is 5.56 Å². The van der Waals surface area contributed by atoms with Crippen molar-refractivity contribution < 1.29 is 0 Å². The quantitative estimate of drug-likeness (QED) is 0.603. The highest BCUT2D eigenvalue weighted by Crippen LogP contribution is 2.41. The van der Waals surface area contributed by atoms with Crippen LogP contribution in [0.3, 0.4) is 0 Å². The molecule has 0 aliphatic rings. The van der Waals surface area contributed by atoms with Crippen molar-refractivity contribution in [2.75, 3.05) is 0 Å². The van der Waals surface area contributed by atoms with Gasteiger partial charge in [-0.2, -0.15) is 0 Å². The Hall–Kier alpha value is 0.670. The normalized spacial score (nSPS) is 10.7. The van der Waals surface area contributed by atoms with E-state index in [1.807, 2.05) is 0 Å². The molecule has 0 atom stereocenters. The molecule has 0 aromatic heterocycles. The summed E-state index contributed by atoms with van der Waals surface area (Å²) in [5.74, 6) is 0. The monoisotopic (exact) mass is 264 g/mol. The van der Waals surface area contributed by atoms with Crippen molar-refractivity contribution in [3.63, 3.8) is 0 Å². The largest absolute Gasteiger partial charge is 0.217 e. The van der Waals surface area contributed by atoms with Crippen LogP contribution in [0.5, 0.6) is 0 Å². The summed E-state index contributed by atoms with van der Waals surface area (Å²) in [6.45, 7) is 0. The van der Waals surface area contributed by atoms with E-state index in [4.69, 9.17) is 46.4 Å². The number of hydrogen-bond donors (Lipinski definition) is 0. The number of halogens is 5. The maximum absolute atomic E-state index is 5.76. The van der Waals surface area contributed by atoms with Gasteiger partial charge >= 0.3 is 0 Å². The Labute approximate surface area is 97.2 Å². The molecule has 0 saturated carbocycles. The average Bonchev–Trinajstić information content (AvgIpc) is 1.86. The van der Waals surface area contributed by atoms with E-state index in [0.717, 1.165) is 0 Å². The first-order valence-electron chi connectivity index (χ1n) is 2.83. The zero-order valence-electron chi connectivity index (χ0n) is 5.73. The fraction of sp³-hybridized carbons (Fsp3) is 0.143. The Morgan fingerprint density at radius 2 is 1.50 bits per heavy atom. The summed E-state index contributed by atoms with van der Waals surface area (Å²) in [6, 6.07) is 6.90. The molecule has 0 amide bonds. The Kier molecular flexibility index (Phi) is 5.05. The van der Waals surface area contributed by atoms with E-state index < -0.39 is 3.79 Å². The van der Waals surface area contributed by atoms with Gasteiger partial charge in [-0.1, -0.05) is 64.6 Å². The predicted molar refractivity (Wildman–Crippen MR) is 57.9 cm³/mol. The molecule has 0 radical (unpaired) electrons. The molecule has 0 fully saturated rings. The molecule has 0 aliphatic carbocycles. The van der Waals surface area contributed by atoms with Gasteiger partial charge in [0.2, 0.25) is 3.79 Å². The highest BCUT2D eigenvalue weighted by molar-refractivity contribution is 6.67. The van der Waals surface area contributed by atoms with Crippen molar-refractivity contribution in [2.24, 2.45) is 0 Å². The molecule has 0 nitrogen and oxygen atoms in total. The summed E-state index contributed by atoms with van der Waals surface area (Å²) in [7, 11) is 0. The smallest absolute Gasteiger partial charge is 0.147 e. The lowest BCUT2D eigenvalue weighted by Gasteiger charge is -2.11. The lowest BCUT2D eigenvalue weighted by atomic mass is 10.2. The Bertz CT molecular complexity index is 252. The van der Waals surface area contributed by atoms with Gasteiger partial charge in [-0.3, -0.25) is 0 Å². The van der Waals surface area contributed by atoms with Crippen LogP contribution in [0, 0.1) is 0 Å². The van der Waals surface area contributed by atoms with E-state index in [9.17, 15) is 0 Å². The van der Waals surface area contributed by atoms with Gasteiger partial charge in [0.15, 0.2) is 0 Å². The minimum Gasteiger partial charge on any atom is -0.147 e. The standard InChI is InChI=1S/C7H4Cl4.ClH/c8-6-4-2-1-3-5(6)7(9,10)11;/h1-4H;1H. The zero-order chi connectivity index (χ0) is 8.48. The molecular weight excluding hydrogens is 261 g/mol. The van der Waals surface area contributed by atoms with Gasteiger partial charge in [0.1, 0.15) is 0 Å². The summed E-state index contributed by atoms with van der Waals surface area (Å²) in [5, 5.41) is 0.465. The van der Waals surface area contributed by atoms with Crippen molar-refractivity contribution in [3.05, 3.63) is 34.9 Å². The summed E-state index contributed by atoms with van der Waals surface area (Å²) >= 11 is 22.6. The van der Waals surface area contributed by atoms with Gasteiger partial charge in [-0.15, -0.1) is 12.4 Å². The number of hydrogen-bond acceptors (Lipinski definition) is 0. The van der Waals surface area contributed by atoms with Crippen LogP contribution in [0.2, 0.25) is 5.02 Å². The fourth-order valence-electron chi connectivity index (χ4n) is 0.691. The molecule has 0 saturated heterocycles. The number of rotatable bonds is 0. The van der Waals surface area contributed by atoms with Crippen LogP contribution in [-0.4, -0.2) is 0 Å². The molecule has 0 aliphatic heterocycles. The minimum atomic E-state index is -1.43. The van der Waals surface area contributed by atoms with E-state index in [2.05, 4.69) is 0 Å². The fourth-order valence-corrected chi connectivity index (χ4v) is 1.61. The van der Waals surface area contributed by atoms with Crippen molar-refractivity contribution in [1.29, 1.82) is 0 Å². The molecule has 0 heterocycles. The van der Waals surface area contributed by atoms with Crippen molar-refractivity contribution in [3.8, 4) is 0 Å². The van der Waals surface area contributed by atoms with Gasteiger partial charge in [0.25, 0.3) is 0 Å². The van der Waals surface area contributed by atoms with Gasteiger partial charge in [-0.05, 0) is 6.07 Å². The second-order valence-corrected chi connectivity index (χ2v) is 4.67. The Morgan fingerprint density at radius 1 is 1.00 bits per heavy atom. The minimum absolute atomic E-state index is 0. The third kappa shape index (κ3) is 3.20. The molecule has 1 rings (SSSR count). The molecule has 0 spiro atoms. The molecule has 0 unspecified atom stereocenters. The Balaban J connectivity index is 0.00000121. The molecule has 5 heteroatoms. The SMILES string of the molecule is Cl.Clc1ccccc1C(Cl)(Cl)Cl. The van der Waals surface area contributed by atoms with Gasteiger partial charge in [-0.25, -0.2) is 0 Å².